The van der Waals surface area contributed by atoms with Gasteiger partial charge in [-0.15, -0.1) is 0 Å². The van der Waals surface area contributed by atoms with Crippen LogP contribution in [0.15, 0.2) is 0 Å². The first kappa shape index (κ1) is 38.5. The van der Waals surface area contributed by atoms with Crippen LogP contribution in [-0.2, 0) is 25.9 Å². The molecule has 0 bridgehead atoms. The molecule has 8 rings (SSSR count). The number of ether oxygens (including phenoxy) is 2. The number of hydrogen-bond donors (Lipinski definition) is 1. The zero-order valence-corrected chi connectivity index (χ0v) is 30.1. The summed E-state index contributed by atoms with van der Waals surface area (Å²) in [7, 11) is 4.36. The minimum absolute atomic E-state index is 0. The van der Waals surface area contributed by atoms with Crippen molar-refractivity contribution in [3.8, 4) is 12.0 Å². The molecule has 4 fully saturated rings. The Kier molecular flexibility index (Phi) is 13.6. The molecule has 50 heavy (non-hydrogen) atoms. The molecule has 2 aromatic rings. The molecule has 1 aliphatic carbocycles. The first-order chi connectivity index (χ1) is 23.4. The number of aromatic nitrogens is 4. The lowest BCUT2D eigenvalue weighted by Gasteiger charge is -2.35. The van der Waals surface area contributed by atoms with E-state index in [1.165, 1.54) is 106 Å². The average molecular weight is 694 g/mol. The number of rotatable bonds is 8. The SMILES string of the molecule is C.C.C[C@H]1CCCCN1c1nc(OC[C@@H]2CCCN2C)nc2c1CCC2.C[C@H]1CCCCN1c1nc(OC[C@@H]2CCCN2C)nc2c1CNC2. The monoisotopic (exact) mass is 694 g/mol. The summed E-state index contributed by atoms with van der Waals surface area (Å²) in [6, 6.07) is 3.30. The van der Waals surface area contributed by atoms with Gasteiger partial charge in [0.1, 0.15) is 24.8 Å². The number of likely N-dealkylation sites (tertiary alicyclic amines) is 2. The van der Waals surface area contributed by atoms with Crippen molar-refractivity contribution in [3.63, 3.8) is 0 Å². The van der Waals surface area contributed by atoms with Crippen LogP contribution < -0.4 is 24.6 Å². The Morgan fingerprint density at radius 1 is 0.580 bits per heavy atom. The molecule has 1 N–H and O–H groups in total. The third kappa shape index (κ3) is 8.64. The number of nitrogens with one attached hydrogen (secondary N) is 1. The Balaban J connectivity index is 0.000000187. The maximum absolute atomic E-state index is 6.06. The van der Waals surface area contributed by atoms with Gasteiger partial charge in [-0.25, -0.2) is 0 Å². The maximum Gasteiger partial charge on any atom is 0.318 e. The zero-order chi connectivity index (χ0) is 33.0. The lowest BCUT2D eigenvalue weighted by Crippen LogP contribution is -2.39. The van der Waals surface area contributed by atoms with Crippen molar-refractivity contribution in [1.29, 1.82) is 0 Å². The van der Waals surface area contributed by atoms with Gasteiger partial charge in [0.15, 0.2) is 0 Å². The van der Waals surface area contributed by atoms with Crippen molar-refractivity contribution in [3.05, 3.63) is 22.5 Å². The van der Waals surface area contributed by atoms with E-state index in [2.05, 4.69) is 57.8 Å². The zero-order valence-electron chi connectivity index (χ0n) is 30.1. The van der Waals surface area contributed by atoms with Gasteiger partial charge in [-0.3, -0.25) is 0 Å². The van der Waals surface area contributed by atoms with Crippen LogP contribution in [0.1, 0.15) is 122 Å². The van der Waals surface area contributed by atoms with E-state index in [0.29, 0.717) is 49.4 Å². The number of likely N-dealkylation sites (N-methyl/N-ethyl adjacent to an activating group) is 2. The summed E-state index contributed by atoms with van der Waals surface area (Å²) < 4.78 is 12.1. The number of hydrogen-bond acceptors (Lipinski definition) is 11. The lowest BCUT2D eigenvalue weighted by molar-refractivity contribution is 0.187. The predicted octanol–water partition coefficient (Wildman–Crippen LogP) is 6.02. The fourth-order valence-corrected chi connectivity index (χ4v) is 8.67. The molecule has 0 radical (unpaired) electrons. The largest absolute Gasteiger partial charge is 0.462 e. The molecule has 2 aromatic heterocycles. The van der Waals surface area contributed by atoms with Crippen LogP contribution in [0.3, 0.4) is 0 Å². The van der Waals surface area contributed by atoms with Crippen molar-refractivity contribution >= 4 is 11.6 Å². The second kappa shape index (κ2) is 17.6. The molecule has 0 saturated carbocycles. The summed E-state index contributed by atoms with van der Waals surface area (Å²) in [6.45, 7) is 12.3. The Bertz CT molecular complexity index is 1290. The molecule has 4 atom stereocenters. The van der Waals surface area contributed by atoms with Crippen molar-refractivity contribution in [2.45, 2.75) is 149 Å². The number of anilines is 2. The number of piperidine rings is 2. The Morgan fingerprint density at radius 3 is 1.64 bits per heavy atom. The molecule has 6 aliphatic rings. The van der Waals surface area contributed by atoms with Crippen LogP contribution in [0.2, 0.25) is 0 Å². The molecule has 11 nitrogen and oxygen atoms in total. The van der Waals surface area contributed by atoms with E-state index in [9.17, 15) is 0 Å². The summed E-state index contributed by atoms with van der Waals surface area (Å²) in [6.07, 6.45) is 16.0. The summed E-state index contributed by atoms with van der Waals surface area (Å²) >= 11 is 0. The Labute approximate surface area is 302 Å². The van der Waals surface area contributed by atoms with Crippen LogP contribution in [0.25, 0.3) is 0 Å². The highest BCUT2D eigenvalue weighted by Crippen LogP contribution is 2.34. The van der Waals surface area contributed by atoms with Gasteiger partial charge in [0.05, 0.1) is 11.4 Å². The van der Waals surface area contributed by atoms with E-state index in [-0.39, 0.29) is 14.9 Å². The minimum atomic E-state index is 0. The standard InChI is InChI=1S/C19H30N4O.C18H29N5O.2CH4/c1-14-7-3-4-12-23(14)18-16-9-5-10-17(16)20-19(21-18)24-13-15-8-6-11-22(15)2;1-13-6-3-4-9-23(13)17-15-10-19-11-16(15)20-18(21-17)24-12-14-7-5-8-22(14)2;;/h14-15H,3-13H2,1-2H3;13-14,19H,3-12H2,1-2H3;2*1H4/t14-,15-;13-,14-;;/m00../s1. The summed E-state index contributed by atoms with van der Waals surface area (Å²) in [5, 5.41) is 3.42. The van der Waals surface area contributed by atoms with Crippen LogP contribution >= 0.6 is 0 Å². The van der Waals surface area contributed by atoms with Crippen LogP contribution in [0.5, 0.6) is 12.0 Å². The van der Waals surface area contributed by atoms with Gasteiger partial charge in [-0.1, -0.05) is 14.9 Å². The Hall–Kier alpha value is -2.76. The summed E-state index contributed by atoms with van der Waals surface area (Å²) in [5.74, 6) is 2.27. The van der Waals surface area contributed by atoms with Crippen molar-refractivity contribution < 1.29 is 9.47 Å². The third-order valence-electron chi connectivity index (χ3n) is 11.8. The number of nitrogens with zero attached hydrogens (tertiary/aromatic N) is 8. The van der Waals surface area contributed by atoms with E-state index in [0.717, 1.165) is 50.5 Å². The van der Waals surface area contributed by atoms with Crippen LogP contribution in [0.4, 0.5) is 11.6 Å². The van der Waals surface area contributed by atoms with E-state index in [1.54, 1.807) is 0 Å². The fourth-order valence-electron chi connectivity index (χ4n) is 8.67. The smallest absolute Gasteiger partial charge is 0.318 e. The van der Waals surface area contributed by atoms with Crippen LogP contribution in [0, 0.1) is 0 Å². The van der Waals surface area contributed by atoms with Gasteiger partial charge in [0, 0.05) is 61.5 Å². The topological polar surface area (TPSA) is 95.0 Å². The molecular formula is C39H67N9O2. The highest BCUT2D eigenvalue weighted by Gasteiger charge is 2.30. The fraction of sp³-hybridized carbons (Fsp3) is 0.795. The molecule has 280 valence electrons. The van der Waals surface area contributed by atoms with Crippen molar-refractivity contribution in [1.82, 2.24) is 35.1 Å². The van der Waals surface area contributed by atoms with Gasteiger partial charge in [-0.05, 0) is 125 Å². The molecule has 4 saturated heterocycles. The molecule has 11 heteroatoms. The maximum atomic E-state index is 6.06. The van der Waals surface area contributed by atoms with E-state index < -0.39 is 0 Å². The molecule has 0 amide bonds. The normalized spacial score (nSPS) is 26.4. The molecule has 0 spiro atoms. The highest BCUT2D eigenvalue weighted by atomic mass is 16.5. The van der Waals surface area contributed by atoms with E-state index >= 15 is 0 Å². The quantitative estimate of drug-likeness (QED) is 0.352. The lowest BCUT2D eigenvalue weighted by atomic mass is 10.0. The van der Waals surface area contributed by atoms with Gasteiger partial charge in [-0.2, -0.15) is 19.9 Å². The second-order valence-corrected chi connectivity index (χ2v) is 15.2. The molecule has 7 heterocycles. The van der Waals surface area contributed by atoms with Crippen molar-refractivity contribution in [2.75, 3.05) is 63.3 Å². The molecule has 0 aromatic carbocycles. The second-order valence-electron chi connectivity index (χ2n) is 15.2. The number of fused-ring (bicyclic) bond motifs is 2. The first-order valence-corrected chi connectivity index (χ1v) is 19.1. The van der Waals surface area contributed by atoms with E-state index in [1.807, 2.05) is 0 Å². The number of aryl methyl sites for hydroxylation is 1. The predicted molar refractivity (Wildman–Crippen MR) is 204 cm³/mol. The van der Waals surface area contributed by atoms with E-state index in [4.69, 9.17) is 24.4 Å². The van der Waals surface area contributed by atoms with Gasteiger partial charge in [0.25, 0.3) is 0 Å². The Morgan fingerprint density at radius 2 is 1.12 bits per heavy atom. The highest BCUT2D eigenvalue weighted by molar-refractivity contribution is 5.53. The van der Waals surface area contributed by atoms with Gasteiger partial charge >= 0.3 is 12.0 Å². The summed E-state index contributed by atoms with van der Waals surface area (Å²) in [5.41, 5.74) is 5.00. The van der Waals surface area contributed by atoms with Gasteiger partial charge in [0.2, 0.25) is 0 Å². The minimum Gasteiger partial charge on any atom is -0.462 e. The van der Waals surface area contributed by atoms with Crippen LogP contribution in [-0.4, -0.2) is 107 Å². The summed E-state index contributed by atoms with van der Waals surface area (Å²) in [4.78, 5) is 28.9. The molecule has 0 unspecified atom stereocenters. The molecule has 5 aliphatic heterocycles. The molecular weight excluding hydrogens is 626 g/mol. The third-order valence-corrected chi connectivity index (χ3v) is 11.8. The van der Waals surface area contributed by atoms with Crippen molar-refractivity contribution in [2.24, 2.45) is 0 Å². The van der Waals surface area contributed by atoms with Gasteiger partial charge < -0.3 is 34.4 Å². The first-order valence-electron chi connectivity index (χ1n) is 19.1. The average Bonchev–Trinajstić information content (AvgIpc) is 3.92.